The first kappa shape index (κ1) is 9.09. The summed E-state index contributed by atoms with van der Waals surface area (Å²) in [6.45, 7) is 0. The van der Waals surface area contributed by atoms with Gasteiger partial charge in [0.15, 0.2) is 5.15 Å². The van der Waals surface area contributed by atoms with Gasteiger partial charge in [0.1, 0.15) is 5.82 Å². The minimum atomic E-state index is -0.262. The molecule has 14 heavy (non-hydrogen) atoms. The van der Waals surface area contributed by atoms with E-state index in [1.807, 2.05) is 0 Å². The minimum absolute atomic E-state index is 0.262. The van der Waals surface area contributed by atoms with E-state index in [-0.39, 0.29) is 5.82 Å². The van der Waals surface area contributed by atoms with E-state index in [9.17, 15) is 4.39 Å². The number of halogens is 2. The van der Waals surface area contributed by atoms with E-state index in [0.717, 1.165) is 11.1 Å². The Kier molecular flexibility index (Phi) is 2.41. The second-order valence-electron chi connectivity index (χ2n) is 2.77. The van der Waals surface area contributed by atoms with E-state index in [4.69, 9.17) is 11.6 Å². The van der Waals surface area contributed by atoms with Crippen molar-refractivity contribution in [2.75, 3.05) is 0 Å². The number of hydrogen-bond donors (Lipinski definition) is 0. The van der Waals surface area contributed by atoms with Crippen LogP contribution in [0.1, 0.15) is 0 Å². The molecule has 0 atom stereocenters. The van der Waals surface area contributed by atoms with E-state index < -0.39 is 0 Å². The standard InChI is InChI=1S/C10H6ClFN2/c11-10-5-8(6-13-14-10)7-1-3-9(12)4-2-7/h1-6H. The van der Waals surface area contributed by atoms with Gasteiger partial charge in [-0.1, -0.05) is 23.7 Å². The van der Waals surface area contributed by atoms with Gasteiger partial charge in [0.05, 0.1) is 6.20 Å². The molecule has 2 aromatic rings. The van der Waals surface area contributed by atoms with Crippen molar-refractivity contribution in [1.82, 2.24) is 10.2 Å². The molecule has 1 heterocycles. The summed E-state index contributed by atoms with van der Waals surface area (Å²) < 4.78 is 12.6. The minimum Gasteiger partial charge on any atom is -0.207 e. The molecule has 0 aliphatic rings. The summed E-state index contributed by atoms with van der Waals surface area (Å²) in [5.74, 6) is -0.262. The highest BCUT2D eigenvalue weighted by Gasteiger charge is 1.99. The highest BCUT2D eigenvalue weighted by atomic mass is 35.5. The number of aromatic nitrogens is 2. The molecule has 1 aromatic carbocycles. The summed E-state index contributed by atoms with van der Waals surface area (Å²) in [6, 6.07) is 7.81. The average Bonchev–Trinajstić information content (AvgIpc) is 2.19. The first-order valence-electron chi connectivity index (χ1n) is 4.00. The number of benzene rings is 1. The van der Waals surface area contributed by atoms with Crippen LogP contribution in [0, 0.1) is 5.82 Å². The normalized spacial score (nSPS) is 10.1. The van der Waals surface area contributed by atoms with Crippen molar-refractivity contribution in [3.8, 4) is 11.1 Å². The van der Waals surface area contributed by atoms with Crippen molar-refractivity contribution < 1.29 is 4.39 Å². The van der Waals surface area contributed by atoms with Gasteiger partial charge in [0.25, 0.3) is 0 Å². The fraction of sp³-hybridized carbons (Fsp3) is 0. The summed E-state index contributed by atoms with van der Waals surface area (Å²) in [4.78, 5) is 0. The first-order chi connectivity index (χ1) is 6.75. The van der Waals surface area contributed by atoms with E-state index in [1.54, 1.807) is 24.4 Å². The molecule has 0 bridgehead atoms. The lowest BCUT2D eigenvalue weighted by Crippen LogP contribution is -1.84. The van der Waals surface area contributed by atoms with Crippen LogP contribution >= 0.6 is 11.6 Å². The van der Waals surface area contributed by atoms with Gasteiger partial charge in [-0.3, -0.25) is 0 Å². The van der Waals surface area contributed by atoms with Gasteiger partial charge in [-0.25, -0.2) is 4.39 Å². The molecule has 0 spiro atoms. The Morgan fingerprint density at radius 1 is 1.07 bits per heavy atom. The van der Waals surface area contributed by atoms with E-state index in [2.05, 4.69) is 10.2 Å². The summed E-state index contributed by atoms with van der Waals surface area (Å²) in [7, 11) is 0. The Labute approximate surface area is 85.4 Å². The number of hydrogen-bond acceptors (Lipinski definition) is 2. The van der Waals surface area contributed by atoms with E-state index in [1.165, 1.54) is 12.1 Å². The van der Waals surface area contributed by atoms with Crippen LogP contribution in [0.2, 0.25) is 5.15 Å². The topological polar surface area (TPSA) is 25.8 Å². The second kappa shape index (κ2) is 3.72. The largest absolute Gasteiger partial charge is 0.207 e. The Morgan fingerprint density at radius 2 is 1.79 bits per heavy atom. The maximum Gasteiger partial charge on any atom is 0.152 e. The average molecular weight is 209 g/mol. The molecular weight excluding hydrogens is 203 g/mol. The predicted octanol–water partition coefficient (Wildman–Crippen LogP) is 2.94. The molecule has 4 heteroatoms. The highest BCUT2D eigenvalue weighted by Crippen LogP contribution is 2.20. The van der Waals surface area contributed by atoms with Crippen molar-refractivity contribution in [3.63, 3.8) is 0 Å². The molecule has 0 aliphatic carbocycles. The Balaban J connectivity index is 2.44. The van der Waals surface area contributed by atoms with Crippen LogP contribution in [0.15, 0.2) is 36.5 Å². The third-order valence-electron chi connectivity index (χ3n) is 1.80. The molecule has 0 saturated carbocycles. The Hall–Kier alpha value is -1.48. The van der Waals surface area contributed by atoms with Gasteiger partial charge < -0.3 is 0 Å². The third kappa shape index (κ3) is 1.88. The first-order valence-corrected chi connectivity index (χ1v) is 4.38. The van der Waals surface area contributed by atoms with Crippen LogP contribution in [-0.2, 0) is 0 Å². The van der Waals surface area contributed by atoms with Crippen molar-refractivity contribution in [2.45, 2.75) is 0 Å². The zero-order valence-electron chi connectivity index (χ0n) is 7.11. The molecule has 0 unspecified atom stereocenters. The molecule has 70 valence electrons. The molecule has 0 saturated heterocycles. The van der Waals surface area contributed by atoms with Gasteiger partial charge in [-0.05, 0) is 23.8 Å². The van der Waals surface area contributed by atoms with Gasteiger partial charge in [-0.2, -0.15) is 5.10 Å². The van der Waals surface area contributed by atoms with Crippen LogP contribution in [0.5, 0.6) is 0 Å². The van der Waals surface area contributed by atoms with Gasteiger partial charge in [0.2, 0.25) is 0 Å². The number of nitrogens with zero attached hydrogens (tertiary/aromatic N) is 2. The zero-order chi connectivity index (χ0) is 9.97. The monoisotopic (exact) mass is 208 g/mol. The van der Waals surface area contributed by atoms with Gasteiger partial charge >= 0.3 is 0 Å². The molecule has 2 nitrogen and oxygen atoms in total. The van der Waals surface area contributed by atoms with Crippen LogP contribution < -0.4 is 0 Å². The summed E-state index contributed by atoms with van der Waals surface area (Å²) in [5, 5.41) is 7.66. The van der Waals surface area contributed by atoms with Crippen LogP contribution in [-0.4, -0.2) is 10.2 Å². The highest BCUT2D eigenvalue weighted by molar-refractivity contribution is 6.29. The van der Waals surface area contributed by atoms with Crippen molar-refractivity contribution in [1.29, 1.82) is 0 Å². The van der Waals surface area contributed by atoms with E-state index in [0.29, 0.717) is 5.15 Å². The molecule has 2 rings (SSSR count). The summed E-state index contributed by atoms with van der Waals surface area (Å²) >= 11 is 5.68. The van der Waals surface area contributed by atoms with Crippen LogP contribution in [0.4, 0.5) is 4.39 Å². The quantitative estimate of drug-likeness (QED) is 0.720. The maximum atomic E-state index is 12.6. The molecular formula is C10H6ClFN2. The molecule has 0 aliphatic heterocycles. The van der Waals surface area contributed by atoms with E-state index >= 15 is 0 Å². The lowest BCUT2D eigenvalue weighted by atomic mass is 10.1. The van der Waals surface area contributed by atoms with Crippen molar-refractivity contribution in [3.05, 3.63) is 47.5 Å². The van der Waals surface area contributed by atoms with Gasteiger partial charge in [0, 0.05) is 5.56 Å². The molecule has 0 fully saturated rings. The third-order valence-corrected chi connectivity index (χ3v) is 1.99. The molecule has 0 radical (unpaired) electrons. The lowest BCUT2D eigenvalue weighted by Gasteiger charge is -1.99. The smallest absolute Gasteiger partial charge is 0.152 e. The number of rotatable bonds is 1. The zero-order valence-corrected chi connectivity index (χ0v) is 7.87. The second-order valence-corrected chi connectivity index (χ2v) is 3.16. The molecule has 0 N–H and O–H groups in total. The summed E-state index contributed by atoms with van der Waals surface area (Å²) in [5.41, 5.74) is 1.69. The Morgan fingerprint density at radius 3 is 2.43 bits per heavy atom. The van der Waals surface area contributed by atoms with Crippen molar-refractivity contribution >= 4 is 11.6 Å². The summed E-state index contributed by atoms with van der Waals surface area (Å²) in [6.07, 6.45) is 1.58. The van der Waals surface area contributed by atoms with Crippen LogP contribution in [0.25, 0.3) is 11.1 Å². The SMILES string of the molecule is Fc1ccc(-c2cnnc(Cl)c2)cc1. The fourth-order valence-corrected chi connectivity index (χ4v) is 1.30. The molecule has 0 amide bonds. The lowest BCUT2D eigenvalue weighted by molar-refractivity contribution is 0.628. The fourth-order valence-electron chi connectivity index (χ4n) is 1.14. The molecule has 1 aromatic heterocycles. The maximum absolute atomic E-state index is 12.6. The Bertz CT molecular complexity index is 442. The predicted molar refractivity (Wildman–Crippen MR) is 52.4 cm³/mol. The van der Waals surface area contributed by atoms with Crippen LogP contribution in [0.3, 0.4) is 0 Å². The van der Waals surface area contributed by atoms with Gasteiger partial charge in [-0.15, -0.1) is 5.10 Å². The van der Waals surface area contributed by atoms with Crippen molar-refractivity contribution in [2.24, 2.45) is 0 Å².